The molecule has 2 unspecified atom stereocenters. The molecule has 1 aromatic heterocycles. The molecule has 2 atom stereocenters. The van der Waals surface area contributed by atoms with Gasteiger partial charge in [-0.15, -0.1) is 16.4 Å². The van der Waals surface area contributed by atoms with Crippen molar-refractivity contribution < 1.29 is 17.5 Å². The summed E-state index contributed by atoms with van der Waals surface area (Å²) in [5, 5.41) is 3.78. The molecule has 1 aromatic carbocycles. The highest BCUT2D eigenvalue weighted by atomic mass is 35.5. The largest absolute Gasteiger partial charge is 0.437 e. The fourth-order valence-electron chi connectivity index (χ4n) is 3.02. The van der Waals surface area contributed by atoms with Crippen LogP contribution in [0.3, 0.4) is 0 Å². The Morgan fingerprint density at radius 1 is 1.33 bits per heavy atom. The number of rotatable bonds is 4. The number of halogens is 2. The SMILES string of the molecule is CC1(c2sc(C(=NN)OC(F)c3ccccc3)cc2Cl)CS(=O)(=O)C(C)(C)C(N)=N1. The maximum absolute atomic E-state index is 14.5. The van der Waals surface area contributed by atoms with Gasteiger partial charge in [0.05, 0.1) is 20.5 Å². The molecule has 4 N–H and O–H groups in total. The first kappa shape index (κ1) is 22.5. The number of hydrazone groups is 1. The molecular formula is C19H22ClFN4O3S2. The van der Waals surface area contributed by atoms with Gasteiger partial charge >= 0.3 is 0 Å². The minimum atomic E-state index is -3.61. The van der Waals surface area contributed by atoms with Crippen LogP contribution in [0.15, 0.2) is 46.5 Å². The molecule has 0 bridgehead atoms. The van der Waals surface area contributed by atoms with Crippen molar-refractivity contribution in [1.82, 2.24) is 0 Å². The van der Waals surface area contributed by atoms with Gasteiger partial charge < -0.3 is 16.3 Å². The van der Waals surface area contributed by atoms with Gasteiger partial charge in [0, 0.05) is 5.56 Å². The van der Waals surface area contributed by atoms with E-state index in [0.717, 1.165) is 11.3 Å². The predicted octanol–water partition coefficient (Wildman–Crippen LogP) is 3.49. The lowest BCUT2D eigenvalue weighted by Crippen LogP contribution is -2.54. The van der Waals surface area contributed by atoms with Crippen LogP contribution in [0.4, 0.5) is 4.39 Å². The minimum absolute atomic E-state index is 0.000804. The number of ether oxygens (including phenoxy) is 1. The Bertz CT molecular complexity index is 1120. The highest BCUT2D eigenvalue weighted by Gasteiger charge is 2.50. The Labute approximate surface area is 183 Å². The lowest BCUT2D eigenvalue weighted by molar-refractivity contribution is 0.0555. The third-order valence-corrected chi connectivity index (χ3v) is 9.51. The Morgan fingerprint density at radius 3 is 2.53 bits per heavy atom. The molecule has 0 saturated carbocycles. The van der Waals surface area contributed by atoms with Gasteiger partial charge in [-0.05, 0) is 26.8 Å². The number of hydrogen-bond acceptors (Lipinski definition) is 8. The summed E-state index contributed by atoms with van der Waals surface area (Å²) < 4.78 is 44.1. The fourth-order valence-corrected chi connectivity index (χ4v) is 6.36. The molecule has 0 fully saturated rings. The zero-order chi connectivity index (χ0) is 22.3. The normalized spacial score (nSPS) is 24.2. The maximum atomic E-state index is 14.5. The molecule has 0 amide bonds. The van der Waals surface area contributed by atoms with Crippen molar-refractivity contribution in [3.8, 4) is 0 Å². The van der Waals surface area contributed by atoms with Crippen molar-refractivity contribution in [3.63, 3.8) is 0 Å². The Balaban J connectivity index is 1.96. The molecule has 0 spiro atoms. The van der Waals surface area contributed by atoms with Crippen molar-refractivity contribution in [2.45, 2.75) is 37.4 Å². The van der Waals surface area contributed by atoms with Crippen LogP contribution in [-0.4, -0.2) is 30.7 Å². The minimum Gasteiger partial charge on any atom is -0.437 e. The van der Waals surface area contributed by atoms with Crippen molar-refractivity contribution in [2.75, 3.05) is 5.75 Å². The molecule has 0 aliphatic carbocycles. The van der Waals surface area contributed by atoms with Gasteiger partial charge in [-0.3, -0.25) is 4.99 Å². The van der Waals surface area contributed by atoms with Crippen LogP contribution in [0, 0.1) is 0 Å². The van der Waals surface area contributed by atoms with Crippen LogP contribution in [0.5, 0.6) is 0 Å². The smallest absolute Gasteiger partial charge is 0.266 e. The third-order valence-electron chi connectivity index (χ3n) is 5.01. The van der Waals surface area contributed by atoms with Gasteiger partial charge in [0.15, 0.2) is 9.84 Å². The number of nitrogens with zero attached hydrogens (tertiary/aromatic N) is 2. The van der Waals surface area contributed by atoms with Gasteiger partial charge in [0.2, 0.25) is 0 Å². The first-order valence-electron chi connectivity index (χ1n) is 8.93. The van der Waals surface area contributed by atoms with Crippen molar-refractivity contribution in [2.24, 2.45) is 21.7 Å². The average Bonchev–Trinajstić information content (AvgIpc) is 3.07. The topological polar surface area (TPSA) is 120 Å². The molecule has 1 aliphatic rings. The number of alkyl halides is 1. The van der Waals surface area contributed by atoms with Crippen LogP contribution in [-0.2, 0) is 20.1 Å². The summed E-state index contributed by atoms with van der Waals surface area (Å²) >= 11 is 7.47. The van der Waals surface area contributed by atoms with Gasteiger partial charge in [-0.1, -0.05) is 41.9 Å². The fraction of sp³-hybridized carbons (Fsp3) is 0.368. The van der Waals surface area contributed by atoms with Crippen LogP contribution >= 0.6 is 22.9 Å². The van der Waals surface area contributed by atoms with E-state index in [1.165, 1.54) is 19.9 Å². The Kier molecular flexibility index (Phi) is 5.87. The summed E-state index contributed by atoms with van der Waals surface area (Å²) in [6, 6.07) is 9.75. The molecule has 1 aliphatic heterocycles. The second-order valence-corrected chi connectivity index (χ2v) is 11.6. The van der Waals surface area contributed by atoms with E-state index in [9.17, 15) is 12.8 Å². The highest BCUT2D eigenvalue weighted by molar-refractivity contribution is 7.93. The summed E-state index contributed by atoms with van der Waals surface area (Å²) in [7, 11) is -3.61. The molecule has 11 heteroatoms. The first-order chi connectivity index (χ1) is 13.9. The molecule has 7 nitrogen and oxygen atoms in total. The third kappa shape index (κ3) is 3.91. The van der Waals surface area contributed by atoms with E-state index in [-0.39, 0.29) is 22.5 Å². The van der Waals surface area contributed by atoms with E-state index in [1.807, 2.05) is 0 Å². The lowest BCUT2D eigenvalue weighted by Gasteiger charge is -2.37. The number of hydrogen-bond donors (Lipinski definition) is 2. The van der Waals surface area contributed by atoms with Gasteiger partial charge in [-0.25, -0.2) is 8.42 Å². The van der Waals surface area contributed by atoms with E-state index < -0.39 is 26.5 Å². The van der Waals surface area contributed by atoms with Gasteiger partial charge in [0.25, 0.3) is 12.3 Å². The first-order valence-corrected chi connectivity index (χ1v) is 11.8. The van der Waals surface area contributed by atoms with Crippen LogP contribution < -0.4 is 11.6 Å². The molecular weight excluding hydrogens is 451 g/mol. The van der Waals surface area contributed by atoms with Crippen LogP contribution in [0.2, 0.25) is 5.02 Å². The highest BCUT2D eigenvalue weighted by Crippen LogP contribution is 2.43. The second kappa shape index (κ2) is 7.82. The second-order valence-electron chi connectivity index (χ2n) is 7.61. The average molecular weight is 473 g/mol. The van der Waals surface area contributed by atoms with Crippen LogP contribution in [0.1, 0.15) is 42.4 Å². The molecule has 162 valence electrons. The molecule has 3 rings (SSSR count). The van der Waals surface area contributed by atoms with E-state index in [4.69, 9.17) is 27.9 Å². The number of sulfone groups is 1. The summed E-state index contributed by atoms with van der Waals surface area (Å²) in [6.45, 7) is 4.66. The quantitative estimate of drug-likeness (QED) is 0.305. The van der Waals surface area contributed by atoms with E-state index in [0.29, 0.717) is 15.3 Å². The molecule has 2 aromatic rings. The molecule has 0 radical (unpaired) electrons. The van der Waals surface area contributed by atoms with E-state index in [1.54, 1.807) is 37.3 Å². The summed E-state index contributed by atoms with van der Waals surface area (Å²) in [5.41, 5.74) is 5.08. The van der Waals surface area contributed by atoms with Gasteiger partial charge in [0.1, 0.15) is 16.1 Å². The van der Waals surface area contributed by atoms with Crippen molar-refractivity contribution in [1.29, 1.82) is 0 Å². The van der Waals surface area contributed by atoms with E-state index in [2.05, 4.69) is 10.1 Å². The van der Waals surface area contributed by atoms with Gasteiger partial charge in [-0.2, -0.15) is 4.39 Å². The summed E-state index contributed by atoms with van der Waals surface area (Å²) in [6.07, 6.45) is -1.79. The number of nitrogens with two attached hydrogens (primary N) is 2. The zero-order valence-electron chi connectivity index (χ0n) is 16.6. The summed E-state index contributed by atoms with van der Waals surface area (Å²) in [4.78, 5) is 5.24. The predicted molar refractivity (Wildman–Crippen MR) is 118 cm³/mol. The lowest BCUT2D eigenvalue weighted by atomic mass is 10.0. The number of aliphatic imine (C=N–C) groups is 1. The maximum Gasteiger partial charge on any atom is 0.266 e. The van der Waals surface area contributed by atoms with Crippen LogP contribution in [0.25, 0.3) is 0 Å². The molecule has 0 saturated heterocycles. The standard InChI is InChI=1S/C19H22ClFN4O3S2/c1-18(2)17(22)24-19(3,10-30(18,26)27)14-12(20)9-13(29-14)16(25-23)28-15(21)11-7-5-4-6-8-11/h4-9,15H,10,23H2,1-3H3,(H2,22,24). The molecule has 30 heavy (non-hydrogen) atoms. The number of amidine groups is 1. The van der Waals surface area contributed by atoms with Crippen molar-refractivity contribution >= 4 is 44.5 Å². The monoisotopic (exact) mass is 472 g/mol. The molecule has 2 heterocycles. The zero-order valence-corrected chi connectivity index (χ0v) is 19.0. The Hall–Kier alpha value is -2.17. The van der Waals surface area contributed by atoms with Crippen molar-refractivity contribution in [3.05, 3.63) is 56.7 Å². The number of thiophene rings is 1. The van der Waals surface area contributed by atoms with E-state index >= 15 is 0 Å². The number of benzene rings is 1. The summed E-state index contributed by atoms with van der Waals surface area (Å²) in [5.74, 6) is 4.98. The Morgan fingerprint density at radius 2 is 1.97 bits per heavy atom.